The molecule has 28 heavy (non-hydrogen) atoms. The van der Waals surface area contributed by atoms with E-state index in [1.165, 1.54) is 49.7 Å². The topological polar surface area (TPSA) is 67.5 Å². The highest BCUT2D eigenvalue weighted by Gasteiger charge is 2.57. The number of fused-ring (bicyclic) bond motifs is 3. The minimum atomic E-state index is -0.0835. The lowest BCUT2D eigenvalue weighted by atomic mass is 9.58. The van der Waals surface area contributed by atoms with Crippen LogP contribution in [0.15, 0.2) is 18.2 Å². The van der Waals surface area contributed by atoms with Crippen LogP contribution in [0.2, 0.25) is 0 Å². The summed E-state index contributed by atoms with van der Waals surface area (Å²) in [5.41, 5.74) is 9.12. The van der Waals surface area contributed by atoms with E-state index in [-0.39, 0.29) is 17.2 Å². The van der Waals surface area contributed by atoms with Gasteiger partial charge in [0.25, 0.3) is 0 Å². The van der Waals surface area contributed by atoms with Crippen LogP contribution in [0.4, 0.5) is 0 Å². The lowest BCUT2D eigenvalue weighted by molar-refractivity contribution is -0.268. The first-order chi connectivity index (χ1) is 13.3. The van der Waals surface area contributed by atoms with E-state index in [1.54, 1.807) is 0 Å². The Balaban J connectivity index is 1.50. The average molecular weight is 387 g/mol. The maximum atomic E-state index is 9.87. The fourth-order valence-electron chi connectivity index (χ4n) is 6.70. The van der Waals surface area contributed by atoms with E-state index in [9.17, 15) is 5.11 Å². The van der Waals surface area contributed by atoms with Gasteiger partial charge in [-0.2, -0.15) is 0 Å². The van der Waals surface area contributed by atoms with Crippen LogP contribution in [0.3, 0.4) is 0 Å². The molecule has 1 aromatic carbocycles. The molecule has 156 valence electrons. The molecule has 4 fully saturated rings. The third-order valence-corrected chi connectivity index (χ3v) is 7.93. The molecular weight excluding hydrogens is 348 g/mol. The Morgan fingerprint density at radius 1 is 1.21 bits per heavy atom. The first kappa shape index (κ1) is 20.2. The summed E-state index contributed by atoms with van der Waals surface area (Å²) in [7, 11) is 1.96. The van der Waals surface area contributed by atoms with Crippen LogP contribution in [0.1, 0.15) is 69.9 Å². The Morgan fingerprint density at radius 3 is 2.75 bits per heavy atom. The van der Waals surface area contributed by atoms with Crippen LogP contribution < -0.4 is 11.1 Å². The van der Waals surface area contributed by atoms with Crippen LogP contribution >= 0.6 is 0 Å². The Hall–Kier alpha value is -1.10. The number of phenols is 1. The molecule has 5 unspecified atom stereocenters. The predicted octanol–water partition coefficient (Wildman–Crippen LogP) is 4.14. The predicted molar refractivity (Wildman–Crippen MR) is 113 cm³/mol. The molecule has 4 aliphatic rings. The van der Waals surface area contributed by atoms with Crippen LogP contribution in [-0.4, -0.2) is 29.4 Å². The zero-order chi connectivity index (χ0) is 19.9. The standard InChI is InChI=1S/C24H38N2O2/c1-23(2)21-9-10-24(28-23,14-22(21)25)19-6-4-5-16(12-19)11-17-7-8-20(27)13-18(17)15-26-3/h7-8,13,16,19,21-22,26-27H,4-6,9-12,14-15,25H2,1-3H3. The van der Waals surface area contributed by atoms with Gasteiger partial charge in [-0.15, -0.1) is 0 Å². The number of hydrogen-bond donors (Lipinski definition) is 3. The van der Waals surface area contributed by atoms with Crippen LogP contribution in [0.25, 0.3) is 0 Å². The maximum Gasteiger partial charge on any atom is 0.115 e. The van der Waals surface area contributed by atoms with Gasteiger partial charge in [0.1, 0.15) is 5.75 Å². The highest BCUT2D eigenvalue weighted by molar-refractivity contribution is 5.35. The van der Waals surface area contributed by atoms with Gasteiger partial charge < -0.3 is 20.9 Å². The van der Waals surface area contributed by atoms with Crippen molar-refractivity contribution in [2.75, 3.05) is 7.05 Å². The fraction of sp³-hybridized carbons (Fsp3) is 0.750. The second kappa shape index (κ2) is 7.62. The van der Waals surface area contributed by atoms with Crippen molar-refractivity contribution in [1.29, 1.82) is 0 Å². The molecule has 0 radical (unpaired) electrons. The molecule has 2 saturated carbocycles. The Bertz CT molecular complexity index is 704. The van der Waals surface area contributed by atoms with Crippen molar-refractivity contribution < 1.29 is 9.84 Å². The fourth-order valence-corrected chi connectivity index (χ4v) is 6.70. The van der Waals surface area contributed by atoms with Gasteiger partial charge in [0.15, 0.2) is 0 Å². The highest BCUT2D eigenvalue weighted by Crippen LogP contribution is 2.55. The number of nitrogens with one attached hydrogen (secondary N) is 1. The van der Waals surface area contributed by atoms with Gasteiger partial charge in [-0.05, 0) is 94.5 Å². The van der Waals surface area contributed by atoms with Crippen molar-refractivity contribution >= 4 is 0 Å². The Morgan fingerprint density at radius 2 is 2.04 bits per heavy atom. The maximum absolute atomic E-state index is 9.87. The summed E-state index contributed by atoms with van der Waals surface area (Å²) in [5, 5.41) is 13.1. The minimum Gasteiger partial charge on any atom is -0.508 e. The van der Waals surface area contributed by atoms with Gasteiger partial charge >= 0.3 is 0 Å². The lowest BCUT2D eigenvalue weighted by Gasteiger charge is -2.61. The number of ether oxygens (including phenoxy) is 1. The van der Waals surface area contributed by atoms with E-state index in [0.29, 0.717) is 23.5 Å². The summed E-state index contributed by atoms with van der Waals surface area (Å²) in [6, 6.07) is 6.15. The van der Waals surface area contributed by atoms with Crippen molar-refractivity contribution in [3.63, 3.8) is 0 Å². The van der Waals surface area contributed by atoms with Gasteiger partial charge in [-0.1, -0.05) is 18.9 Å². The molecule has 0 aromatic heterocycles. The molecule has 2 bridgehead atoms. The summed E-state index contributed by atoms with van der Waals surface area (Å²) < 4.78 is 6.82. The monoisotopic (exact) mass is 386 g/mol. The summed E-state index contributed by atoms with van der Waals surface area (Å²) in [6.45, 7) is 5.31. The van der Waals surface area contributed by atoms with Gasteiger partial charge in [-0.3, -0.25) is 0 Å². The number of aromatic hydroxyl groups is 1. The molecule has 4 N–H and O–H groups in total. The molecule has 0 amide bonds. The first-order valence-electron chi connectivity index (χ1n) is 11.2. The smallest absolute Gasteiger partial charge is 0.115 e. The van der Waals surface area contributed by atoms with E-state index >= 15 is 0 Å². The summed E-state index contributed by atoms with van der Waals surface area (Å²) in [6.07, 6.45) is 9.67. The zero-order valence-electron chi connectivity index (χ0n) is 17.8. The number of benzene rings is 1. The summed E-state index contributed by atoms with van der Waals surface area (Å²) in [5.74, 6) is 2.19. The number of nitrogens with two attached hydrogens (primary N) is 1. The largest absolute Gasteiger partial charge is 0.508 e. The number of hydrogen-bond acceptors (Lipinski definition) is 4. The molecule has 2 heterocycles. The molecule has 2 aliphatic carbocycles. The van der Waals surface area contributed by atoms with Gasteiger partial charge in [0.05, 0.1) is 11.2 Å². The molecule has 4 heteroatoms. The summed E-state index contributed by atoms with van der Waals surface area (Å²) >= 11 is 0. The van der Waals surface area contributed by atoms with E-state index in [1.807, 2.05) is 19.2 Å². The third-order valence-electron chi connectivity index (χ3n) is 7.93. The summed E-state index contributed by atoms with van der Waals surface area (Å²) in [4.78, 5) is 0. The van der Waals surface area contributed by atoms with Crippen molar-refractivity contribution in [2.24, 2.45) is 23.5 Å². The molecule has 2 saturated heterocycles. The zero-order valence-corrected chi connectivity index (χ0v) is 17.8. The van der Waals surface area contributed by atoms with E-state index in [4.69, 9.17) is 10.5 Å². The van der Waals surface area contributed by atoms with Crippen molar-refractivity contribution in [3.8, 4) is 5.75 Å². The van der Waals surface area contributed by atoms with Crippen LogP contribution in [-0.2, 0) is 17.7 Å². The highest BCUT2D eigenvalue weighted by atomic mass is 16.5. The average Bonchev–Trinajstić information content (AvgIpc) is 2.63. The molecule has 4 nitrogen and oxygen atoms in total. The number of phenolic OH excluding ortho intramolecular Hbond substituents is 1. The third kappa shape index (κ3) is 3.71. The van der Waals surface area contributed by atoms with E-state index in [0.717, 1.165) is 19.4 Å². The molecular formula is C24H38N2O2. The Labute approximate surface area is 170 Å². The molecule has 5 atom stereocenters. The van der Waals surface area contributed by atoms with Gasteiger partial charge in [-0.25, -0.2) is 0 Å². The van der Waals surface area contributed by atoms with Crippen molar-refractivity contribution in [3.05, 3.63) is 29.3 Å². The Kier molecular flexibility index (Phi) is 5.49. The molecule has 5 rings (SSSR count). The quantitative estimate of drug-likeness (QED) is 0.712. The van der Waals surface area contributed by atoms with E-state index < -0.39 is 0 Å². The first-order valence-corrected chi connectivity index (χ1v) is 11.2. The van der Waals surface area contributed by atoms with Crippen molar-refractivity contribution in [2.45, 2.75) is 89.0 Å². The molecule has 1 aromatic rings. The molecule has 0 spiro atoms. The van der Waals surface area contributed by atoms with E-state index in [2.05, 4.69) is 25.2 Å². The second-order valence-electron chi connectivity index (χ2n) is 10.2. The second-order valence-corrected chi connectivity index (χ2v) is 10.2. The van der Waals surface area contributed by atoms with Crippen molar-refractivity contribution in [1.82, 2.24) is 5.32 Å². The molecule has 2 aliphatic heterocycles. The van der Waals surface area contributed by atoms with Gasteiger partial charge in [0, 0.05) is 18.5 Å². The lowest BCUT2D eigenvalue weighted by Crippen LogP contribution is -2.66. The minimum absolute atomic E-state index is 0.000896. The van der Waals surface area contributed by atoms with Gasteiger partial charge in [0.2, 0.25) is 0 Å². The normalized spacial score (nSPS) is 37.1. The number of rotatable bonds is 5. The SMILES string of the molecule is CNCc1cc(O)ccc1CC1CCCC(C23CCC(C(N)C2)C(C)(C)O3)C1. The van der Waals surface area contributed by atoms with Crippen LogP contribution in [0.5, 0.6) is 5.75 Å². The van der Waals surface area contributed by atoms with Crippen LogP contribution in [0, 0.1) is 17.8 Å².